The van der Waals surface area contributed by atoms with Gasteiger partial charge in [0.1, 0.15) is 17.9 Å². The van der Waals surface area contributed by atoms with E-state index in [2.05, 4.69) is 5.32 Å². The van der Waals surface area contributed by atoms with Gasteiger partial charge in [0, 0.05) is 17.7 Å². The molecule has 0 bridgehead atoms. The topological polar surface area (TPSA) is 55.4 Å². The molecule has 1 saturated carbocycles. The third-order valence-corrected chi connectivity index (χ3v) is 2.34. The molecule has 0 heterocycles. The fourth-order valence-corrected chi connectivity index (χ4v) is 1.38. The normalized spacial score (nSPS) is 14.2. The van der Waals surface area contributed by atoms with Crippen molar-refractivity contribution in [1.82, 2.24) is 5.32 Å². The Kier molecular flexibility index (Phi) is 3.37. The number of rotatable bonds is 5. The molecule has 1 amide bonds. The fraction of sp³-hybridized carbons (Fsp3) is 0.333. The number of ether oxygens (including phenoxy) is 1. The number of benzene rings is 1. The molecule has 0 spiro atoms. The van der Waals surface area contributed by atoms with Gasteiger partial charge in [-0.15, -0.1) is 0 Å². The molecule has 1 aliphatic rings. The molecule has 90 valence electrons. The highest BCUT2D eigenvalue weighted by Crippen LogP contribution is 2.19. The SMILES string of the molecule is O=Cc1cc(F)cc(OCC(=O)NC2CC2)c1. The first-order valence-electron chi connectivity index (χ1n) is 5.35. The third-order valence-electron chi connectivity index (χ3n) is 2.34. The summed E-state index contributed by atoms with van der Waals surface area (Å²) in [6, 6.07) is 3.89. The Balaban J connectivity index is 1.90. The summed E-state index contributed by atoms with van der Waals surface area (Å²) in [5.41, 5.74) is 0.183. The molecule has 4 nitrogen and oxygen atoms in total. The molecule has 0 unspecified atom stereocenters. The van der Waals surface area contributed by atoms with Crippen molar-refractivity contribution in [2.24, 2.45) is 0 Å². The van der Waals surface area contributed by atoms with E-state index in [1.165, 1.54) is 6.07 Å². The van der Waals surface area contributed by atoms with Crippen LogP contribution >= 0.6 is 0 Å². The van der Waals surface area contributed by atoms with Gasteiger partial charge in [-0.2, -0.15) is 0 Å². The predicted molar refractivity (Wildman–Crippen MR) is 58.4 cm³/mol. The van der Waals surface area contributed by atoms with Crippen LogP contribution in [0.5, 0.6) is 5.75 Å². The van der Waals surface area contributed by atoms with Crippen molar-refractivity contribution in [3.05, 3.63) is 29.6 Å². The van der Waals surface area contributed by atoms with E-state index in [9.17, 15) is 14.0 Å². The maximum Gasteiger partial charge on any atom is 0.258 e. The van der Waals surface area contributed by atoms with Gasteiger partial charge in [-0.05, 0) is 25.0 Å². The van der Waals surface area contributed by atoms with E-state index in [4.69, 9.17) is 4.74 Å². The molecule has 17 heavy (non-hydrogen) atoms. The summed E-state index contributed by atoms with van der Waals surface area (Å²) in [6.07, 6.45) is 2.53. The molecule has 2 rings (SSSR count). The van der Waals surface area contributed by atoms with Crippen molar-refractivity contribution in [2.45, 2.75) is 18.9 Å². The maximum atomic E-state index is 13.0. The first-order chi connectivity index (χ1) is 8.17. The molecule has 0 radical (unpaired) electrons. The molecule has 0 atom stereocenters. The second-order valence-electron chi connectivity index (χ2n) is 3.97. The molecule has 1 N–H and O–H groups in total. The molecule has 0 aliphatic heterocycles. The van der Waals surface area contributed by atoms with Crippen molar-refractivity contribution in [2.75, 3.05) is 6.61 Å². The minimum absolute atomic E-state index is 0.168. The van der Waals surface area contributed by atoms with Crippen molar-refractivity contribution < 1.29 is 18.7 Å². The maximum absolute atomic E-state index is 13.0. The second kappa shape index (κ2) is 4.95. The summed E-state index contributed by atoms with van der Waals surface area (Å²) in [4.78, 5) is 21.8. The van der Waals surface area contributed by atoms with Gasteiger partial charge in [0.15, 0.2) is 6.61 Å². The highest BCUT2D eigenvalue weighted by molar-refractivity contribution is 5.78. The molecule has 0 aromatic heterocycles. The summed E-state index contributed by atoms with van der Waals surface area (Å²) < 4.78 is 18.1. The number of halogens is 1. The van der Waals surface area contributed by atoms with Gasteiger partial charge in [-0.25, -0.2) is 4.39 Å². The predicted octanol–water partition coefficient (Wildman–Crippen LogP) is 1.30. The quantitative estimate of drug-likeness (QED) is 0.785. The minimum Gasteiger partial charge on any atom is -0.484 e. The van der Waals surface area contributed by atoms with E-state index < -0.39 is 5.82 Å². The van der Waals surface area contributed by atoms with E-state index in [0.29, 0.717) is 6.29 Å². The third kappa shape index (κ3) is 3.55. The zero-order chi connectivity index (χ0) is 12.3. The number of aldehydes is 1. The van der Waals surface area contributed by atoms with E-state index in [0.717, 1.165) is 25.0 Å². The number of hydrogen-bond acceptors (Lipinski definition) is 3. The molecule has 1 aliphatic carbocycles. The lowest BCUT2D eigenvalue weighted by atomic mass is 10.2. The highest BCUT2D eigenvalue weighted by atomic mass is 19.1. The zero-order valence-corrected chi connectivity index (χ0v) is 9.11. The second-order valence-corrected chi connectivity index (χ2v) is 3.97. The summed E-state index contributed by atoms with van der Waals surface area (Å²) in [5.74, 6) is -0.616. The van der Waals surface area contributed by atoms with Gasteiger partial charge < -0.3 is 10.1 Å². The van der Waals surface area contributed by atoms with Crippen LogP contribution in [0.15, 0.2) is 18.2 Å². The lowest BCUT2D eigenvalue weighted by Crippen LogP contribution is -2.30. The van der Waals surface area contributed by atoms with E-state index in [-0.39, 0.29) is 29.9 Å². The molecule has 1 aromatic carbocycles. The molecule has 1 aromatic rings. The van der Waals surface area contributed by atoms with Gasteiger partial charge in [-0.1, -0.05) is 0 Å². The van der Waals surface area contributed by atoms with Crippen LogP contribution in [0.2, 0.25) is 0 Å². The van der Waals surface area contributed by atoms with Crippen molar-refractivity contribution in [3.8, 4) is 5.75 Å². The van der Waals surface area contributed by atoms with E-state index >= 15 is 0 Å². The minimum atomic E-state index is -0.563. The highest BCUT2D eigenvalue weighted by Gasteiger charge is 2.23. The Morgan fingerprint density at radius 1 is 1.47 bits per heavy atom. The number of hydrogen-bond donors (Lipinski definition) is 1. The first kappa shape index (κ1) is 11.6. The summed E-state index contributed by atoms with van der Waals surface area (Å²) >= 11 is 0. The number of amides is 1. The van der Waals surface area contributed by atoms with Crippen molar-refractivity contribution >= 4 is 12.2 Å². The Morgan fingerprint density at radius 2 is 2.24 bits per heavy atom. The van der Waals surface area contributed by atoms with Crippen molar-refractivity contribution in [3.63, 3.8) is 0 Å². The van der Waals surface area contributed by atoms with Gasteiger partial charge in [0.25, 0.3) is 5.91 Å². The smallest absolute Gasteiger partial charge is 0.258 e. The average molecular weight is 237 g/mol. The number of nitrogens with one attached hydrogen (secondary N) is 1. The zero-order valence-electron chi connectivity index (χ0n) is 9.11. The van der Waals surface area contributed by atoms with E-state index in [1.54, 1.807) is 0 Å². The lowest BCUT2D eigenvalue weighted by Gasteiger charge is -2.07. The van der Waals surface area contributed by atoms with Crippen LogP contribution in [0.3, 0.4) is 0 Å². The van der Waals surface area contributed by atoms with Crippen LogP contribution in [0.4, 0.5) is 4.39 Å². The Hall–Kier alpha value is -1.91. The number of carbonyl (C=O) groups is 2. The largest absolute Gasteiger partial charge is 0.484 e. The summed E-state index contributed by atoms with van der Waals surface area (Å²) in [5, 5.41) is 2.74. The van der Waals surface area contributed by atoms with E-state index in [1.807, 2.05) is 0 Å². The Morgan fingerprint density at radius 3 is 2.88 bits per heavy atom. The lowest BCUT2D eigenvalue weighted by molar-refractivity contribution is -0.123. The molecule has 5 heteroatoms. The van der Waals surface area contributed by atoms with Gasteiger partial charge >= 0.3 is 0 Å². The summed E-state index contributed by atoms with van der Waals surface area (Å²) in [6.45, 7) is -0.168. The monoisotopic (exact) mass is 237 g/mol. The van der Waals surface area contributed by atoms with Gasteiger partial charge in [-0.3, -0.25) is 9.59 Å². The van der Waals surface area contributed by atoms with Crippen LogP contribution < -0.4 is 10.1 Å². The van der Waals surface area contributed by atoms with Crippen LogP contribution in [0.1, 0.15) is 23.2 Å². The van der Waals surface area contributed by atoms with Crippen LogP contribution in [-0.2, 0) is 4.79 Å². The van der Waals surface area contributed by atoms with Crippen molar-refractivity contribution in [1.29, 1.82) is 0 Å². The van der Waals surface area contributed by atoms with Crippen LogP contribution in [-0.4, -0.2) is 24.8 Å². The molecular weight excluding hydrogens is 225 g/mol. The fourth-order valence-electron chi connectivity index (χ4n) is 1.38. The van der Waals surface area contributed by atoms with Gasteiger partial charge in [0.05, 0.1) is 0 Å². The first-order valence-corrected chi connectivity index (χ1v) is 5.35. The Bertz CT molecular complexity index is 443. The van der Waals surface area contributed by atoms with Gasteiger partial charge in [0.2, 0.25) is 0 Å². The molecule has 0 saturated heterocycles. The van der Waals surface area contributed by atoms with Crippen LogP contribution in [0, 0.1) is 5.82 Å². The molecular formula is C12H12FNO3. The van der Waals surface area contributed by atoms with Crippen LogP contribution in [0.25, 0.3) is 0 Å². The average Bonchev–Trinajstić information content (AvgIpc) is 3.09. The molecule has 1 fully saturated rings. The summed E-state index contributed by atoms with van der Waals surface area (Å²) in [7, 11) is 0. The standard InChI is InChI=1S/C12H12FNO3/c13-9-3-8(6-15)4-11(5-9)17-7-12(16)14-10-1-2-10/h3-6,10H,1-2,7H2,(H,14,16). The Labute approximate surface area is 97.8 Å². The number of carbonyl (C=O) groups excluding carboxylic acids is 2.